The fourth-order valence-electron chi connectivity index (χ4n) is 1.19. The van der Waals surface area contributed by atoms with Crippen molar-refractivity contribution in [1.29, 1.82) is 0 Å². The van der Waals surface area contributed by atoms with Gasteiger partial charge in [0.1, 0.15) is 5.69 Å². The van der Waals surface area contributed by atoms with Crippen LogP contribution in [0.2, 0.25) is 0 Å². The highest BCUT2D eigenvalue weighted by molar-refractivity contribution is 5.41. The van der Waals surface area contributed by atoms with Gasteiger partial charge in [0.25, 0.3) is 6.43 Å². The number of hydrogen-bond donors (Lipinski definition) is 1. The van der Waals surface area contributed by atoms with Crippen molar-refractivity contribution in [1.82, 2.24) is 4.98 Å². The lowest BCUT2D eigenvalue weighted by molar-refractivity contribution is 0.145. The molecule has 6 heteroatoms. The minimum Gasteiger partial charge on any atom is -0.494 e. The van der Waals surface area contributed by atoms with Gasteiger partial charge < -0.3 is 14.6 Å². The highest BCUT2D eigenvalue weighted by Crippen LogP contribution is 2.33. The average molecular weight is 219 g/mol. The first-order chi connectivity index (χ1) is 7.13. The highest BCUT2D eigenvalue weighted by Gasteiger charge is 2.20. The molecule has 1 aromatic rings. The number of methoxy groups -OCH3 is 2. The summed E-state index contributed by atoms with van der Waals surface area (Å²) in [5, 5.41) is 8.93. The zero-order valence-corrected chi connectivity index (χ0v) is 8.33. The van der Waals surface area contributed by atoms with Gasteiger partial charge in [-0.05, 0) is 0 Å². The van der Waals surface area contributed by atoms with Crippen LogP contribution in [0.1, 0.15) is 17.7 Å². The van der Waals surface area contributed by atoms with Crippen LogP contribution in [0.3, 0.4) is 0 Å². The maximum atomic E-state index is 12.6. The minimum atomic E-state index is -2.71. The molecule has 0 aliphatic heterocycles. The lowest BCUT2D eigenvalue weighted by atomic mass is 10.2. The van der Waals surface area contributed by atoms with Crippen molar-refractivity contribution in [2.45, 2.75) is 13.0 Å². The summed E-state index contributed by atoms with van der Waals surface area (Å²) in [7, 11) is 2.56. The first-order valence-electron chi connectivity index (χ1n) is 4.14. The van der Waals surface area contributed by atoms with E-state index in [2.05, 4.69) is 4.98 Å². The molecule has 0 aromatic carbocycles. The third-order valence-corrected chi connectivity index (χ3v) is 1.85. The van der Waals surface area contributed by atoms with Crippen LogP contribution in [0.25, 0.3) is 0 Å². The Labute approximate surface area is 85.5 Å². The molecular weight excluding hydrogens is 208 g/mol. The van der Waals surface area contributed by atoms with Crippen molar-refractivity contribution in [2.24, 2.45) is 0 Å². The van der Waals surface area contributed by atoms with Crippen molar-refractivity contribution in [3.63, 3.8) is 0 Å². The van der Waals surface area contributed by atoms with Gasteiger partial charge in [0.2, 0.25) is 5.88 Å². The summed E-state index contributed by atoms with van der Waals surface area (Å²) in [6, 6.07) is 1.09. The van der Waals surface area contributed by atoms with E-state index < -0.39 is 13.0 Å². The van der Waals surface area contributed by atoms with Crippen molar-refractivity contribution < 1.29 is 23.4 Å². The normalized spacial score (nSPS) is 10.5. The molecule has 0 saturated heterocycles. The minimum absolute atomic E-state index is 0.0233. The van der Waals surface area contributed by atoms with E-state index in [-0.39, 0.29) is 22.9 Å². The molecule has 15 heavy (non-hydrogen) atoms. The van der Waals surface area contributed by atoms with Gasteiger partial charge in [0, 0.05) is 6.07 Å². The standard InChI is InChI=1S/C9H11F2NO3/c1-14-7-3-5(9(10)11)8(15-2)6(4-13)12-7/h3,9,13H,4H2,1-2H3. The topological polar surface area (TPSA) is 51.6 Å². The molecular formula is C9H11F2NO3. The number of aromatic nitrogens is 1. The Kier molecular flexibility index (Phi) is 3.79. The van der Waals surface area contributed by atoms with Crippen molar-refractivity contribution in [3.8, 4) is 11.6 Å². The molecule has 0 spiro atoms. The molecule has 1 N–H and O–H groups in total. The highest BCUT2D eigenvalue weighted by atomic mass is 19.3. The molecule has 0 saturated carbocycles. The Bertz CT molecular complexity index is 344. The van der Waals surface area contributed by atoms with Gasteiger partial charge in [-0.1, -0.05) is 0 Å². The second-order valence-corrected chi connectivity index (χ2v) is 2.69. The van der Waals surface area contributed by atoms with Gasteiger partial charge in [-0.15, -0.1) is 0 Å². The molecule has 1 rings (SSSR count). The molecule has 0 aliphatic carbocycles. The lowest BCUT2D eigenvalue weighted by Crippen LogP contribution is -2.03. The van der Waals surface area contributed by atoms with Gasteiger partial charge in [-0.3, -0.25) is 0 Å². The third-order valence-electron chi connectivity index (χ3n) is 1.85. The maximum absolute atomic E-state index is 12.6. The molecule has 0 unspecified atom stereocenters. The van der Waals surface area contributed by atoms with E-state index in [0.29, 0.717) is 0 Å². The van der Waals surface area contributed by atoms with Crippen LogP contribution >= 0.6 is 0 Å². The van der Waals surface area contributed by atoms with E-state index >= 15 is 0 Å². The summed E-state index contributed by atoms with van der Waals surface area (Å²) in [6.45, 7) is -0.486. The Balaban J connectivity index is 3.32. The van der Waals surface area contributed by atoms with Crippen molar-refractivity contribution in [3.05, 3.63) is 17.3 Å². The van der Waals surface area contributed by atoms with Gasteiger partial charge in [-0.25, -0.2) is 13.8 Å². The predicted octanol–water partition coefficient (Wildman–Crippen LogP) is 1.53. The van der Waals surface area contributed by atoms with E-state index in [1.165, 1.54) is 14.2 Å². The maximum Gasteiger partial charge on any atom is 0.267 e. The van der Waals surface area contributed by atoms with Gasteiger partial charge in [0.15, 0.2) is 5.75 Å². The van der Waals surface area contributed by atoms with E-state index in [1.54, 1.807) is 0 Å². The monoisotopic (exact) mass is 219 g/mol. The molecule has 0 amide bonds. The first-order valence-corrected chi connectivity index (χ1v) is 4.14. The molecule has 4 nitrogen and oxygen atoms in total. The Morgan fingerprint density at radius 2 is 2.07 bits per heavy atom. The third kappa shape index (κ3) is 2.33. The average Bonchev–Trinajstić information content (AvgIpc) is 2.26. The van der Waals surface area contributed by atoms with Gasteiger partial charge in [0.05, 0.1) is 26.4 Å². The first kappa shape index (κ1) is 11.6. The Hall–Kier alpha value is -1.43. The van der Waals surface area contributed by atoms with Crippen LogP contribution in [-0.2, 0) is 6.61 Å². The van der Waals surface area contributed by atoms with Crippen LogP contribution in [0.4, 0.5) is 8.78 Å². The SMILES string of the molecule is COc1cc(C(F)F)c(OC)c(CO)n1. The summed E-state index contributed by atoms with van der Waals surface area (Å²) in [6.07, 6.45) is -2.71. The van der Waals surface area contributed by atoms with E-state index in [1.807, 2.05) is 0 Å². The molecule has 0 aliphatic rings. The molecule has 1 heterocycles. The number of alkyl halides is 2. The van der Waals surface area contributed by atoms with Gasteiger partial charge in [-0.2, -0.15) is 0 Å². The van der Waals surface area contributed by atoms with E-state index in [4.69, 9.17) is 14.6 Å². The zero-order valence-electron chi connectivity index (χ0n) is 8.33. The fraction of sp³-hybridized carbons (Fsp3) is 0.444. The number of aliphatic hydroxyl groups is 1. The lowest BCUT2D eigenvalue weighted by Gasteiger charge is -2.12. The zero-order chi connectivity index (χ0) is 11.4. The summed E-state index contributed by atoms with van der Waals surface area (Å²) < 4.78 is 34.7. The quantitative estimate of drug-likeness (QED) is 0.834. The number of rotatable bonds is 4. The van der Waals surface area contributed by atoms with Crippen LogP contribution in [0.15, 0.2) is 6.07 Å². The van der Waals surface area contributed by atoms with Gasteiger partial charge >= 0.3 is 0 Å². The second-order valence-electron chi connectivity index (χ2n) is 2.69. The molecule has 0 fully saturated rings. The second kappa shape index (κ2) is 4.88. The Morgan fingerprint density at radius 1 is 1.40 bits per heavy atom. The van der Waals surface area contributed by atoms with Crippen LogP contribution in [-0.4, -0.2) is 24.3 Å². The predicted molar refractivity (Wildman–Crippen MR) is 48.2 cm³/mol. The summed E-state index contributed by atoms with van der Waals surface area (Å²) >= 11 is 0. The van der Waals surface area contributed by atoms with Crippen LogP contribution in [0.5, 0.6) is 11.6 Å². The smallest absolute Gasteiger partial charge is 0.267 e. The number of hydrogen-bond acceptors (Lipinski definition) is 4. The number of nitrogens with zero attached hydrogens (tertiary/aromatic N) is 1. The molecule has 0 atom stereocenters. The van der Waals surface area contributed by atoms with Crippen LogP contribution < -0.4 is 9.47 Å². The van der Waals surface area contributed by atoms with E-state index in [0.717, 1.165) is 6.07 Å². The largest absolute Gasteiger partial charge is 0.494 e. The van der Waals surface area contributed by atoms with Crippen LogP contribution in [0, 0.1) is 0 Å². The number of ether oxygens (including phenoxy) is 2. The molecule has 84 valence electrons. The molecule has 0 bridgehead atoms. The van der Waals surface area contributed by atoms with E-state index in [9.17, 15) is 8.78 Å². The number of halogens is 2. The summed E-state index contributed by atoms with van der Waals surface area (Å²) in [5.41, 5.74) is -0.305. The summed E-state index contributed by atoms with van der Waals surface area (Å²) in [4.78, 5) is 3.79. The summed E-state index contributed by atoms with van der Waals surface area (Å²) in [5.74, 6) is -0.0801. The molecule has 0 radical (unpaired) electrons. The molecule has 1 aromatic heterocycles. The number of aliphatic hydroxyl groups excluding tert-OH is 1. The van der Waals surface area contributed by atoms with Crippen molar-refractivity contribution in [2.75, 3.05) is 14.2 Å². The van der Waals surface area contributed by atoms with Crippen molar-refractivity contribution >= 4 is 0 Å². The Morgan fingerprint density at radius 3 is 2.47 bits per heavy atom. The fourth-order valence-corrected chi connectivity index (χ4v) is 1.19. The number of pyridine rings is 1.